The van der Waals surface area contributed by atoms with E-state index in [9.17, 15) is 9.59 Å². The van der Waals surface area contributed by atoms with Crippen LogP contribution in [0.5, 0.6) is 0 Å². The minimum atomic E-state index is -0.154. The number of anilines is 1. The van der Waals surface area contributed by atoms with E-state index in [0.29, 0.717) is 32.0 Å². The number of likely N-dealkylation sites (tertiary alicyclic amines) is 1. The highest BCUT2D eigenvalue weighted by atomic mass is 16.2. The van der Waals surface area contributed by atoms with Crippen molar-refractivity contribution in [3.63, 3.8) is 0 Å². The van der Waals surface area contributed by atoms with Crippen LogP contribution in [0.3, 0.4) is 0 Å². The van der Waals surface area contributed by atoms with Gasteiger partial charge in [0.2, 0.25) is 5.91 Å². The fourth-order valence-electron chi connectivity index (χ4n) is 3.44. The topological polar surface area (TPSA) is 73.7 Å². The highest BCUT2D eigenvalue weighted by molar-refractivity contribution is 5.88. The zero-order valence-electron chi connectivity index (χ0n) is 15.3. The van der Waals surface area contributed by atoms with Crippen LogP contribution in [0.4, 0.5) is 10.6 Å². The Morgan fingerprint density at radius 3 is 2.40 bits per heavy atom. The Hall–Kier alpha value is -2.09. The Labute approximate surface area is 148 Å². The molecular weight excluding hydrogens is 320 g/mol. The number of aromatic nitrogens is 2. The van der Waals surface area contributed by atoms with Gasteiger partial charge in [0.25, 0.3) is 0 Å². The minimum absolute atomic E-state index is 0.0142. The number of urea groups is 1. The average molecular weight is 348 g/mol. The Bertz CT molecular complexity index is 620. The number of nitrogens with one attached hydrogen (secondary N) is 1. The van der Waals surface area contributed by atoms with Crippen LogP contribution in [0.1, 0.15) is 32.7 Å². The molecule has 2 saturated heterocycles. The molecule has 0 saturated carbocycles. The molecule has 8 nitrogen and oxygen atoms in total. The maximum Gasteiger partial charge on any atom is 0.323 e. The Morgan fingerprint density at radius 2 is 1.84 bits per heavy atom. The van der Waals surface area contributed by atoms with Gasteiger partial charge in [0.15, 0.2) is 5.82 Å². The van der Waals surface area contributed by atoms with E-state index in [1.54, 1.807) is 11.0 Å². The van der Waals surface area contributed by atoms with Crippen molar-refractivity contribution in [1.29, 1.82) is 0 Å². The molecule has 1 aromatic rings. The number of nitrogens with zero attached hydrogens (tertiary/aromatic N) is 5. The zero-order chi connectivity index (χ0) is 18.0. The molecule has 2 fully saturated rings. The summed E-state index contributed by atoms with van der Waals surface area (Å²) in [7, 11) is 2.01. The van der Waals surface area contributed by atoms with E-state index in [0.717, 1.165) is 19.4 Å². The van der Waals surface area contributed by atoms with Crippen LogP contribution >= 0.6 is 0 Å². The minimum Gasteiger partial charge on any atom is -0.338 e. The van der Waals surface area contributed by atoms with Crippen molar-refractivity contribution in [2.75, 3.05) is 45.1 Å². The first kappa shape index (κ1) is 17.7. The smallest absolute Gasteiger partial charge is 0.323 e. The maximum atomic E-state index is 12.6. The lowest BCUT2D eigenvalue weighted by Gasteiger charge is -2.36. The molecule has 0 bridgehead atoms. The van der Waals surface area contributed by atoms with Crippen LogP contribution in [0.25, 0.3) is 0 Å². The van der Waals surface area contributed by atoms with Crippen LogP contribution in [0.2, 0.25) is 0 Å². The molecule has 1 aromatic heterocycles. The lowest BCUT2D eigenvalue weighted by molar-refractivity contribution is -0.136. The van der Waals surface area contributed by atoms with E-state index in [1.165, 1.54) is 0 Å². The van der Waals surface area contributed by atoms with Gasteiger partial charge >= 0.3 is 6.03 Å². The highest BCUT2D eigenvalue weighted by Crippen LogP contribution is 2.18. The largest absolute Gasteiger partial charge is 0.338 e. The summed E-state index contributed by atoms with van der Waals surface area (Å²) in [6.07, 6.45) is 3.88. The first-order valence-corrected chi connectivity index (χ1v) is 9.06. The Morgan fingerprint density at radius 1 is 1.16 bits per heavy atom. The molecule has 0 aliphatic carbocycles. The summed E-state index contributed by atoms with van der Waals surface area (Å²) in [4.78, 5) is 30.8. The normalized spacial score (nSPS) is 21.8. The molecule has 0 spiro atoms. The van der Waals surface area contributed by atoms with Crippen LogP contribution in [-0.4, -0.2) is 82.2 Å². The van der Waals surface area contributed by atoms with Crippen LogP contribution in [-0.2, 0) is 4.79 Å². The fraction of sp³-hybridized carbons (Fsp3) is 0.706. The van der Waals surface area contributed by atoms with Crippen molar-refractivity contribution in [2.45, 2.75) is 38.8 Å². The predicted octanol–water partition coefficient (Wildman–Crippen LogP) is 1.23. The Balaban J connectivity index is 1.49. The van der Waals surface area contributed by atoms with Gasteiger partial charge in [-0.25, -0.2) is 4.79 Å². The lowest BCUT2D eigenvalue weighted by Crippen LogP contribution is -2.55. The molecule has 0 unspecified atom stereocenters. The quantitative estimate of drug-likeness (QED) is 0.892. The fourth-order valence-corrected chi connectivity index (χ4v) is 3.44. The van der Waals surface area contributed by atoms with Gasteiger partial charge in [0, 0.05) is 44.5 Å². The molecule has 1 atom stereocenters. The van der Waals surface area contributed by atoms with Crippen LogP contribution < -0.4 is 5.32 Å². The first-order chi connectivity index (χ1) is 12.0. The lowest BCUT2D eigenvalue weighted by atomic mass is 10.2. The second-order valence-corrected chi connectivity index (χ2v) is 7.16. The van der Waals surface area contributed by atoms with Crippen LogP contribution in [0, 0.1) is 0 Å². The molecule has 138 valence electrons. The summed E-state index contributed by atoms with van der Waals surface area (Å²) in [6, 6.07) is 1.92. The van der Waals surface area contributed by atoms with E-state index in [2.05, 4.69) is 15.3 Å². The molecule has 3 rings (SSSR count). The van der Waals surface area contributed by atoms with E-state index >= 15 is 0 Å². The van der Waals surface area contributed by atoms with Gasteiger partial charge in [-0.05, 0) is 40.3 Å². The molecule has 0 radical (unpaired) electrons. The second-order valence-electron chi connectivity index (χ2n) is 7.16. The molecule has 1 N–H and O–H groups in total. The van der Waals surface area contributed by atoms with Gasteiger partial charge in [-0.1, -0.05) is 0 Å². The number of carbonyl (C=O) groups excluding carboxylic acids is 2. The average Bonchev–Trinajstić information content (AvgIpc) is 3.23. The molecule has 0 aromatic carbocycles. The number of carbonyl (C=O) groups is 2. The summed E-state index contributed by atoms with van der Waals surface area (Å²) in [5.74, 6) is 0.764. The third kappa shape index (κ3) is 3.95. The number of hydrogen-bond acceptors (Lipinski definition) is 4. The van der Waals surface area contributed by atoms with Crippen molar-refractivity contribution in [3.05, 3.63) is 12.3 Å². The van der Waals surface area contributed by atoms with Crippen molar-refractivity contribution in [3.8, 4) is 0 Å². The molecule has 8 heteroatoms. The van der Waals surface area contributed by atoms with Crippen LogP contribution in [0.15, 0.2) is 12.3 Å². The zero-order valence-corrected chi connectivity index (χ0v) is 15.3. The van der Waals surface area contributed by atoms with Gasteiger partial charge in [0.1, 0.15) is 0 Å². The van der Waals surface area contributed by atoms with Gasteiger partial charge in [0.05, 0.1) is 6.04 Å². The summed E-state index contributed by atoms with van der Waals surface area (Å²) in [5, 5.41) is 7.17. The van der Waals surface area contributed by atoms with Crippen molar-refractivity contribution in [2.24, 2.45) is 0 Å². The van der Waals surface area contributed by atoms with Gasteiger partial charge in [-0.3, -0.25) is 19.7 Å². The third-order valence-corrected chi connectivity index (χ3v) is 5.06. The predicted molar refractivity (Wildman–Crippen MR) is 95.4 cm³/mol. The number of likely N-dealkylation sites (N-methyl/N-ethyl adjacent to an activating group) is 1. The highest BCUT2D eigenvalue weighted by Gasteiger charge is 2.33. The number of amides is 3. The summed E-state index contributed by atoms with van der Waals surface area (Å²) in [6.45, 7) is 7.36. The molecule has 25 heavy (non-hydrogen) atoms. The SMILES string of the molecule is CC(C)n1ccc(NC(=O)N2CCN(C(=O)[C@H]3CCCN3C)CC2)n1. The van der Waals surface area contributed by atoms with Crippen molar-refractivity contribution >= 4 is 17.8 Å². The van der Waals surface area contributed by atoms with E-state index in [1.807, 2.05) is 36.7 Å². The summed E-state index contributed by atoms with van der Waals surface area (Å²) < 4.78 is 1.81. The summed E-state index contributed by atoms with van der Waals surface area (Å²) in [5.41, 5.74) is 0. The first-order valence-electron chi connectivity index (χ1n) is 9.06. The van der Waals surface area contributed by atoms with Gasteiger partial charge in [-0.15, -0.1) is 0 Å². The maximum absolute atomic E-state index is 12.6. The van der Waals surface area contributed by atoms with Crippen molar-refractivity contribution < 1.29 is 9.59 Å². The molecule has 3 heterocycles. The molecule has 2 aliphatic heterocycles. The number of piperazine rings is 1. The summed E-state index contributed by atoms with van der Waals surface area (Å²) >= 11 is 0. The molecule has 3 amide bonds. The van der Waals surface area contributed by atoms with E-state index < -0.39 is 0 Å². The standard InChI is InChI=1S/C17H28N6O2/c1-13(2)23-8-6-15(19-23)18-17(25)22-11-9-21(10-12-22)16(24)14-5-4-7-20(14)3/h6,8,13-14H,4-5,7,9-12H2,1-3H3,(H,18,19,25)/t14-/m1/s1. The second kappa shape index (κ2) is 7.43. The van der Waals surface area contributed by atoms with Crippen molar-refractivity contribution in [1.82, 2.24) is 24.5 Å². The molecular formula is C17H28N6O2. The molecule has 2 aliphatic rings. The van der Waals surface area contributed by atoms with Gasteiger partial charge in [-0.2, -0.15) is 5.10 Å². The van der Waals surface area contributed by atoms with Gasteiger partial charge < -0.3 is 9.80 Å². The van der Waals surface area contributed by atoms with E-state index in [4.69, 9.17) is 0 Å². The third-order valence-electron chi connectivity index (χ3n) is 5.06. The number of rotatable bonds is 3. The Kier molecular flexibility index (Phi) is 5.27. The number of hydrogen-bond donors (Lipinski definition) is 1. The van der Waals surface area contributed by atoms with E-state index in [-0.39, 0.29) is 24.0 Å². The monoisotopic (exact) mass is 348 g/mol.